The molecule has 1 atom stereocenters. The zero-order valence-electron chi connectivity index (χ0n) is 10.0. The van der Waals surface area contributed by atoms with E-state index in [-0.39, 0.29) is 5.91 Å². The van der Waals surface area contributed by atoms with E-state index in [4.69, 9.17) is 10.5 Å². The first kappa shape index (κ1) is 13.2. The van der Waals surface area contributed by atoms with Crippen LogP contribution in [0, 0.1) is 5.92 Å². The summed E-state index contributed by atoms with van der Waals surface area (Å²) in [5.41, 5.74) is 5.69. The number of amides is 1. The normalized spacial score (nSPS) is 16.9. The van der Waals surface area contributed by atoms with Crippen molar-refractivity contribution in [1.29, 1.82) is 0 Å². The van der Waals surface area contributed by atoms with Crippen LogP contribution >= 0.6 is 0 Å². The minimum Gasteiger partial charge on any atom is -0.379 e. The predicted octanol–water partition coefficient (Wildman–Crippen LogP) is 0.775. The molecule has 1 fully saturated rings. The van der Waals surface area contributed by atoms with E-state index in [2.05, 4.69) is 6.58 Å². The monoisotopic (exact) mass is 226 g/mol. The second kappa shape index (κ2) is 6.66. The van der Waals surface area contributed by atoms with Crippen molar-refractivity contribution < 1.29 is 9.53 Å². The van der Waals surface area contributed by atoms with E-state index < -0.39 is 6.04 Å². The van der Waals surface area contributed by atoms with Crippen LogP contribution in [0.15, 0.2) is 12.7 Å². The van der Waals surface area contributed by atoms with Gasteiger partial charge in [0, 0.05) is 20.2 Å². The number of carbonyl (C=O) groups excluding carboxylic acids is 1. The average molecular weight is 226 g/mol. The average Bonchev–Trinajstić information content (AvgIpc) is 3.07. The number of hydrogen-bond acceptors (Lipinski definition) is 3. The van der Waals surface area contributed by atoms with Gasteiger partial charge in [0.2, 0.25) is 5.91 Å². The first-order valence-corrected chi connectivity index (χ1v) is 5.84. The zero-order chi connectivity index (χ0) is 12.0. The highest BCUT2D eigenvalue weighted by atomic mass is 16.5. The molecule has 1 saturated carbocycles. The van der Waals surface area contributed by atoms with Crippen LogP contribution in [0.5, 0.6) is 0 Å². The lowest BCUT2D eigenvalue weighted by atomic mass is 10.2. The third-order valence-corrected chi connectivity index (χ3v) is 2.74. The summed E-state index contributed by atoms with van der Waals surface area (Å²) in [6.07, 6.45) is 4.77. The number of nitrogens with two attached hydrogens (primary N) is 1. The molecule has 1 rings (SSSR count). The fourth-order valence-corrected chi connectivity index (χ4v) is 1.41. The van der Waals surface area contributed by atoms with Gasteiger partial charge in [0.15, 0.2) is 0 Å². The Bertz CT molecular complexity index is 239. The molecule has 1 unspecified atom stereocenters. The Balaban J connectivity index is 2.09. The van der Waals surface area contributed by atoms with E-state index in [1.807, 2.05) is 0 Å². The summed E-state index contributed by atoms with van der Waals surface area (Å²) in [5, 5.41) is 0. The number of hydrogen-bond donors (Lipinski definition) is 1. The highest BCUT2D eigenvalue weighted by Crippen LogP contribution is 2.28. The number of carbonyl (C=O) groups is 1. The lowest BCUT2D eigenvalue weighted by molar-refractivity contribution is -0.131. The number of rotatable bonds is 8. The highest BCUT2D eigenvalue weighted by Gasteiger charge is 2.21. The molecular weight excluding hydrogens is 204 g/mol. The molecule has 0 aromatic heterocycles. The van der Waals surface area contributed by atoms with Gasteiger partial charge in [0.1, 0.15) is 0 Å². The van der Waals surface area contributed by atoms with Crippen LogP contribution in [-0.4, -0.2) is 43.7 Å². The van der Waals surface area contributed by atoms with Gasteiger partial charge in [-0.25, -0.2) is 0 Å². The summed E-state index contributed by atoms with van der Waals surface area (Å²) in [6, 6.07) is -0.467. The molecule has 0 aromatic carbocycles. The molecule has 0 aromatic rings. The maximum Gasteiger partial charge on any atom is 0.239 e. The SMILES string of the molecule is C=CCC(N)C(=O)N(C)CCOCC1CC1. The van der Waals surface area contributed by atoms with Crippen molar-refractivity contribution in [2.24, 2.45) is 11.7 Å². The maximum atomic E-state index is 11.7. The predicted molar refractivity (Wildman–Crippen MR) is 64.0 cm³/mol. The van der Waals surface area contributed by atoms with Gasteiger partial charge in [0.05, 0.1) is 12.6 Å². The fourth-order valence-electron chi connectivity index (χ4n) is 1.41. The van der Waals surface area contributed by atoms with Crippen molar-refractivity contribution in [3.63, 3.8) is 0 Å². The van der Waals surface area contributed by atoms with Gasteiger partial charge in [0.25, 0.3) is 0 Å². The largest absolute Gasteiger partial charge is 0.379 e. The fraction of sp³-hybridized carbons (Fsp3) is 0.750. The Morgan fingerprint density at radius 1 is 1.69 bits per heavy atom. The quantitative estimate of drug-likeness (QED) is 0.491. The summed E-state index contributed by atoms with van der Waals surface area (Å²) in [4.78, 5) is 13.3. The summed E-state index contributed by atoms with van der Waals surface area (Å²) >= 11 is 0. The zero-order valence-corrected chi connectivity index (χ0v) is 10.0. The minimum atomic E-state index is -0.467. The first-order chi connectivity index (χ1) is 7.65. The van der Waals surface area contributed by atoms with Gasteiger partial charge in [-0.1, -0.05) is 6.08 Å². The Morgan fingerprint density at radius 3 is 2.94 bits per heavy atom. The van der Waals surface area contributed by atoms with E-state index >= 15 is 0 Å². The highest BCUT2D eigenvalue weighted by molar-refractivity contribution is 5.81. The molecule has 0 aliphatic heterocycles. The summed E-state index contributed by atoms with van der Waals surface area (Å²) in [6.45, 7) is 5.61. The van der Waals surface area contributed by atoms with Crippen LogP contribution in [0.3, 0.4) is 0 Å². The molecule has 1 aliphatic carbocycles. The van der Waals surface area contributed by atoms with Crippen molar-refractivity contribution in [1.82, 2.24) is 4.90 Å². The third kappa shape index (κ3) is 4.77. The smallest absolute Gasteiger partial charge is 0.239 e. The Hall–Kier alpha value is -0.870. The van der Waals surface area contributed by atoms with E-state index in [1.54, 1.807) is 18.0 Å². The van der Waals surface area contributed by atoms with Gasteiger partial charge in [-0.2, -0.15) is 0 Å². The van der Waals surface area contributed by atoms with E-state index in [1.165, 1.54) is 12.8 Å². The number of likely N-dealkylation sites (N-methyl/N-ethyl adjacent to an activating group) is 1. The number of nitrogens with zero attached hydrogens (tertiary/aromatic N) is 1. The molecule has 16 heavy (non-hydrogen) atoms. The molecule has 2 N–H and O–H groups in total. The van der Waals surface area contributed by atoms with Crippen molar-refractivity contribution in [2.45, 2.75) is 25.3 Å². The molecule has 92 valence electrons. The van der Waals surface area contributed by atoms with Crippen molar-refractivity contribution in [3.8, 4) is 0 Å². The molecule has 0 radical (unpaired) electrons. The van der Waals surface area contributed by atoms with Crippen molar-refractivity contribution in [3.05, 3.63) is 12.7 Å². The topological polar surface area (TPSA) is 55.6 Å². The molecule has 0 spiro atoms. The van der Waals surface area contributed by atoms with Crippen molar-refractivity contribution in [2.75, 3.05) is 26.8 Å². The van der Waals surface area contributed by atoms with Crippen LogP contribution in [0.1, 0.15) is 19.3 Å². The number of ether oxygens (including phenoxy) is 1. The standard InChI is InChI=1S/C12H22N2O2/c1-3-4-11(13)12(15)14(2)7-8-16-9-10-5-6-10/h3,10-11H,1,4-9,13H2,2H3. The second-order valence-corrected chi connectivity index (χ2v) is 4.41. The van der Waals surface area contributed by atoms with E-state index in [0.717, 1.165) is 12.5 Å². The second-order valence-electron chi connectivity index (χ2n) is 4.41. The summed E-state index contributed by atoms with van der Waals surface area (Å²) in [5.74, 6) is 0.721. The molecule has 0 bridgehead atoms. The van der Waals surface area contributed by atoms with Gasteiger partial charge in [-0.15, -0.1) is 6.58 Å². The van der Waals surface area contributed by atoms with Gasteiger partial charge < -0.3 is 15.4 Å². The third-order valence-electron chi connectivity index (χ3n) is 2.74. The molecule has 1 amide bonds. The summed E-state index contributed by atoms with van der Waals surface area (Å²) in [7, 11) is 1.76. The molecule has 0 heterocycles. The minimum absolute atomic E-state index is 0.0464. The van der Waals surface area contributed by atoms with Crippen LogP contribution in [0.4, 0.5) is 0 Å². The van der Waals surface area contributed by atoms with Gasteiger partial charge >= 0.3 is 0 Å². The maximum absolute atomic E-state index is 11.7. The van der Waals surface area contributed by atoms with Crippen LogP contribution < -0.4 is 5.73 Å². The molecule has 4 nitrogen and oxygen atoms in total. The van der Waals surface area contributed by atoms with Crippen molar-refractivity contribution >= 4 is 5.91 Å². The molecule has 4 heteroatoms. The summed E-state index contributed by atoms with van der Waals surface area (Å²) < 4.78 is 5.46. The van der Waals surface area contributed by atoms with Crippen LogP contribution in [0.25, 0.3) is 0 Å². The van der Waals surface area contributed by atoms with E-state index in [0.29, 0.717) is 19.6 Å². The van der Waals surface area contributed by atoms with E-state index in [9.17, 15) is 4.79 Å². The Morgan fingerprint density at radius 2 is 2.38 bits per heavy atom. The molecule has 0 saturated heterocycles. The Kier molecular flexibility index (Phi) is 5.49. The Labute approximate surface area is 97.4 Å². The molecular formula is C12H22N2O2. The lowest BCUT2D eigenvalue weighted by Crippen LogP contribution is -2.42. The van der Waals surface area contributed by atoms with Crippen LogP contribution in [0.2, 0.25) is 0 Å². The lowest BCUT2D eigenvalue weighted by Gasteiger charge is -2.20. The molecule has 1 aliphatic rings. The van der Waals surface area contributed by atoms with Gasteiger partial charge in [-0.3, -0.25) is 4.79 Å². The van der Waals surface area contributed by atoms with Gasteiger partial charge in [-0.05, 0) is 25.2 Å². The first-order valence-electron chi connectivity index (χ1n) is 5.84. The van der Waals surface area contributed by atoms with Crippen LogP contribution in [-0.2, 0) is 9.53 Å².